The van der Waals surface area contributed by atoms with Crippen LogP contribution < -0.4 is 0 Å². The monoisotopic (exact) mass is 707 g/mol. The smallest absolute Gasteiger partial charge is 0.0518 e. The van der Waals surface area contributed by atoms with E-state index < -0.39 is 0 Å². The van der Waals surface area contributed by atoms with Gasteiger partial charge in [-0.3, -0.25) is 0 Å². The number of aromatic nitrogens is 1. The maximum absolute atomic E-state index is 3.99. The lowest BCUT2D eigenvalue weighted by molar-refractivity contribution is 0.660. The highest BCUT2D eigenvalue weighted by Crippen LogP contribution is 2.51. The molecule has 6 aromatic carbocycles. The van der Waals surface area contributed by atoms with Crippen LogP contribution in [0.25, 0.3) is 49.3 Å². The fourth-order valence-corrected chi connectivity index (χ4v) is 8.96. The van der Waals surface area contributed by atoms with Crippen LogP contribution in [0.3, 0.4) is 0 Å². The molecular formula is C53H57N. The normalized spacial score (nSPS) is 14.8. The summed E-state index contributed by atoms with van der Waals surface area (Å²) in [6, 6.07) is 41.8. The Morgan fingerprint density at radius 3 is 2.09 bits per heavy atom. The third-order valence-corrected chi connectivity index (χ3v) is 11.5. The quantitative estimate of drug-likeness (QED) is 0.172. The number of benzene rings is 6. The van der Waals surface area contributed by atoms with Gasteiger partial charge in [-0.1, -0.05) is 174 Å². The molecular weight excluding hydrogens is 651 g/mol. The molecule has 0 saturated carbocycles. The molecule has 1 nitrogen and oxygen atoms in total. The van der Waals surface area contributed by atoms with Gasteiger partial charge in [0.05, 0.1) is 5.52 Å². The summed E-state index contributed by atoms with van der Waals surface area (Å²) in [4.78, 5) is 0. The minimum absolute atomic E-state index is 0.0979. The summed E-state index contributed by atoms with van der Waals surface area (Å²) in [5.41, 5.74) is 18.2. The Balaban J connectivity index is 0.000000136. The highest BCUT2D eigenvalue weighted by atomic mass is 14.9. The van der Waals surface area contributed by atoms with E-state index in [1.54, 1.807) is 0 Å². The number of allylic oxidation sites excluding steroid dienone is 5. The fraction of sp³-hybridized carbons (Fsp3) is 0.245. The van der Waals surface area contributed by atoms with Crippen molar-refractivity contribution in [3.63, 3.8) is 0 Å². The number of nitrogens with zero attached hydrogens (tertiary/aromatic N) is 1. The molecule has 7 aromatic rings. The van der Waals surface area contributed by atoms with Crippen LogP contribution in [0.4, 0.5) is 0 Å². The number of para-hydroxylation sites is 2. The molecule has 0 N–H and O–H groups in total. The molecule has 1 heteroatoms. The summed E-state index contributed by atoms with van der Waals surface area (Å²) in [6.07, 6.45) is 7.50. The van der Waals surface area contributed by atoms with Crippen molar-refractivity contribution in [1.82, 2.24) is 4.57 Å². The third-order valence-electron chi connectivity index (χ3n) is 11.5. The van der Waals surface area contributed by atoms with E-state index in [2.05, 4.69) is 194 Å². The van der Waals surface area contributed by atoms with Crippen molar-refractivity contribution in [2.45, 2.75) is 80.1 Å². The highest BCUT2D eigenvalue weighted by Gasteiger charge is 2.36. The minimum atomic E-state index is 0.0979. The molecule has 0 aliphatic heterocycles. The molecule has 54 heavy (non-hydrogen) atoms. The van der Waals surface area contributed by atoms with Crippen molar-refractivity contribution in [3.8, 4) is 11.1 Å². The Labute approximate surface area is 324 Å². The topological polar surface area (TPSA) is 4.93 Å². The highest BCUT2D eigenvalue weighted by molar-refractivity contribution is 6.09. The first-order chi connectivity index (χ1) is 26.1. The van der Waals surface area contributed by atoms with Crippen LogP contribution in [-0.2, 0) is 12.5 Å². The number of hydrogen-bond donors (Lipinski definition) is 0. The van der Waals surface area contributed by atoms with Gasteiger partial charge in [0.25, 0.3) is 0 Å². The molecule has 1 unspecified atom stereocenters. The van der Waals surface area contributed by atoms with Crippen LogP contribution in [0.5, 0.6) is 0 Å². The van der Waals surface area contributed by atoms with Crippen molar-refractivity contribution in [3.05, 3.63) is 185 Å². The third kappa shape index (κ3) is 6.55. The molecule has 0 amide bonds. The number of hydrogen-bond acceptors (Lipinski definition) is 0. The zero-order chi connectivity index (χ0) is 38.7. The van der Waals surface area contributed by atoms with Crippen molar-refractivity contribution in [2.75, 3.05) is 0 Å². The SMILES string of the molecule is C=CC1=C(/C=C\C)c2cccc(C)c2C1CC.CC.Cc1ccc2c(c1)C(C)(C)c1ccc3ccccc3c1-2.Cc1cccc2c3ccccc3n(C)c12. The molecule has 0 bridgehead atoms. The van der Waals surface area contributed by atoms with E-state index >= 15 is 0 Å². The van der Waals surface area contributed by atoms with Gasteiger partial charge >= 0.3 is 0 Å². The van der Waals surface area contributed by atoms with Gasteiger partial charge in [0.15, 0.2) is 0 Å². The first kappa shape index (κ1) is 38.3. The second-order valence-electron chi connectivity index (χ2n) is 15.0. The van der Waals surface area contributed by atoms with Crippen LogP contribution in [0.1, 0.15) is 92.8 Å². The van der Waals surface area contributed by atoms with E-state index in [0.29, 0.717) is 5.92 Å². The van der Waals surface area contributed by atoms with Gasteiger partial charge in [-0.05, 0) is 107 Å². The fourth-order valence-electron chi connectivity index (χ4n) is 8.96. The molecule has 0 spiro atoms. The molecule has 1 heterocycles. The number of aryl methyl sites for hydroxylation is 4. The summed E-state index contributed by atoms with van der Waals surface area (Å²) < 4.78 is 2.28. The van der Waals surface area contributed by atoms with Crippen LogP contribution >= 0.6 is 0 Å². The largest absolute Gasteiger partial charge is 0.343 e. The summed E-state index contributed by atoms with van der Waals surface area (Å²) >= 11 is 0. The molecule has 0 saturated heterocycles. The zero-order valence-corrected chi connectivity index (χ0v) is 34.1. The van der Waals surface area contributed by atoms with E-state index in [9.17, 15) is 0 Å². The van der Waals surface area contributed by atoms with E-state index in [1.807, 2.05) is 19.9 Å². The average molecular weight is 708 g/mol. The average Bonchev–Trinajstić information content (AvgIpc) is 3.76. The van der Waals surface area contributed by atoms with Crippen molar-refractivity contribution >= 4 is 38.2 Å². The predicted molar refractivity (Wildman–Crippen MR) is 239 cm³/mol. The maximum atomic E-state index is 3.99. The Hall–Kier alpha value is -5.40. The first-order valence-electron chi connectivity index (χ1n) is 19.8. The van der Waals surface area contributed by atoms with Gasteiger partial charge in [0, 0.05) is 34.7 Å². The lowest BCUT2D eigenvalue weighted by Crippen LogP contribution is -2.15. The second-order valence-corrected chi connectivity index (χ2v) is 15.0. The first-order valence-corrected chi connectivity index (χ1v) is 19.8. The van der Waals surface area contributed by atoms with E-state index in [-0.39, 0.29) is 5.41 Å². The van der Waals surface area contributed by atoms with Crippen molar-refractivity contribution in [2.24, 2.45) is 7.05 Å². The zero-order valence-electron chi connectivity index (χ0n) is 34.1. The molecule has 1 atom stereocenters. The summed E-state index contributed by atoms with van der Waals surface area (Å²) in [6.45, 7) is 23.6. The van der Waals surface area contributed by atoms with Crippen LogP contribution in [0, 0.1) is 20.8 Å². The standard InChI is InChI=1S/C20H18.C17H20.C14H13N.C2H6/c1-13-8-10-16-18(12-13)20(2,3)17-11-9-14-6-4-5-7-15(14)19(16)17;1-5-9-15-13(6-2)14(7-3)17-12(4)10-8-11-16(15)17;1-10-6-5-8-12-11-7-3-4-9-13(11)15(2)14(10)12;1-2/h4-12H,1-3H3;5-6,8-11,14H,2,7H2,1,3-4H3;3-9H,1-2H3;1-2H3/b;9-5-;;. The van der Waals surface area contributed by atoms with Gasteiger partial charge in [-0.2, -0.15) is 0 Å². The molecule has 0 radical (unpaired) electrons. The minimum Gasteiger partial charge on any atom is -0.343 e. The predicted octanol–water partition coefficient (Wildman–Crippen LogP) is 15.1. The molecule has 2 aliphatic rings. The van der Waals surface area contributed by atoms with Crippen molar-refractivity contribution < 1.29 is 0 Å². The molecule has 2 aliphatic carbocycles. The lowest BCUT2D eigenvalue weighted by atomic mass is 9.81. The number of rotatable bonds is 3. The van der Waals surface area contributed by atoms with E-state index in [4.69, 9.17) is 0 Å². The second kappa shape index (κ2) is 15.9. The maximum Gasteiger partial charge on any atom is 0.0518 e. The van der Waals surface area contributed by atoms with Gasteiger partial charge in [0.2, 0.25) is 0 Å². The number of fused-ring (bicyclic) bond motifs is 9. The Bertz CT molecular complexity index is 2550. The van der Waals surface area contributed by atoms with E-state index in [0.717, 1.165) is 6.42 Å². The Morgan fingerprint density at radius 1 is 0.704 bits per heavy atom. The van der Waals surface area contributed by atoms with Crippen molar-refractivity contribution in [1.29, 1.82) is 0 Å². The van der Waals surface area contributed by atoms with Crippen LogP contribution in [-0.4, -0.2) is 4.57 Å². The Morgan fingerprint density at radius 2 is 1.37 bits per heavy atom. The molecule has 1 aromatic heterocycles. The van der Waals surface area contributed by atoms with Crippen LogP contribution in [0.15, 0.2) is 146 Å². The van der Waals surface area contributed by atoms with Crippen LogP contribution in [0.2, 0.25) is 0 Å². The molecule has 274 valence electrons. The van der Waals surface area contributed by atoms with Gasteiger partial charge in [0.1, 0.15) is 0 Å². The van der Waals surface area contributed by atoms with E-state index in [1.165, 1.54) is 93.8 Å². The lowest BCUT2D eigenvalue weighted by Gasteiger charge is -2.21. The summed E-state index contributed by atoms with van der Waals surface area (Å²) in [5, 5.41) is 5.41. The van der Waals surface area contributed by atoms with Gasteiger partial charge in [-0.15, -0.1) is 0 Å². The molecule has 9 rings (SSSR count). The summed E-state index contributed by atoms with van der Waals surface area (Å²) in [7, 11) is 2.14. The van der Waals surface area contributed by atoms with Gasteiger partial charge < -0.3 is 4.57 Å². The molecule has 0 fully saturated rings. The Kier molecular flexibility index (Phi) is 11.3. The van der Waals surface area contributed by atoms with Gasteiger partial charge in [-0.25, -0.2) is 0 Å². The summed E-state index contributed by atoms with van der Waals surface area (Å²) in [5.74, 6) is 0.523.